The first-order valence-corrected chi connectivity index (χ1v) is 11.0. The minimum Gasteiger partial charge on any atom is -0.388 e. The number of hydrogen-bond acceptors (Lipinski definition) is 7. The molecule has 0 spiro atoms. The van der Waals surface area contributed by atoms with Crippen molar-refractivity contribution in [2.45, 2.75) is 83.1 Å². The summed E-state index contributed by atoms with van der Waals surface area (Å²) in [6.45, 7) is 4.64. The van der Waals surface area contributed by atoms with Crippen molar-refractivity contribution in [1.82, 2.24) is 10.6 Å². The molecule has 5 N–H and O–H groups in total. The van der Waals surface area contributed by atoms with Crippen molar-refractivity contribution in [1.29, 1.82) is 0 Å². The van der Waals surface area contributed by atoms with Crippen molar-refractivity contribution in [3.8, 4) is 0 Å². The number of nitrogens with one attached hydrogen (secondary N) is 2. The number of aliphatic hydroxyl groups is 3. The second-order valence-electron chi connectivity index (χ2n) is 7.56. The van der Waals surface area contributed by atoms with E-state index in [1.807, 2.05) is 31.2 Å². The molecule has 1 fully saturated rings. The van der Waals surface area contributed by atoms with Crippen molar-refractivity contribution >= 4 is 11.8 Å². The monoisotopic (exact) mass is 442 g/mol. The number of ether oxygens (including phenoxy) is 2. The van der Waals surface area contributed by atoms with Gasteiger partial charge in [0.15, 0.2) is 6.29 Å². The number of hydrogen-bond donors (Lipinski definition) is 5. The zero-order valence-electron chi connectivity index (χ0n) is 18.5. The largest absolute Gasteiger partial charge is 0.388 e. The molecule has 5 atom stereocenters. The SMILES string of the molecule is C/C=C/C=C/CCC(=O)NCCNC(=O)CCCCCO[C@@H]1OC(C)[C@H](O)C(O)C1O. The van der Waals surface area contributed by atoms with E-state index in [9.17, 15) is 24.9 Å². The first kappa shape index (κ1) is 27.3. The molecule has 9 heteroatoms. The number of carbonyl (C=O) groups is 2. The minimum atomic E-state index is -1.30. The van der Waals surface area contributed by atoms with Gasteiger partial charge in [-0.05, 0) is 33.1 Å². The summed E-state index contributed by atoms with van der Waals surface area (Å²) in [6.07, 6.45) is 5.92. The van der Waals surface area contributed by atoms with Gasteiger partial charge in [0.1, 0.15) is 18.3 Å². The van der Waals surface area contributed by atoms with E-state index in [-0.39, 0.29) is 11.8 Å². The summed E-state index contributed by atoms with van der Waals surface area (Å²) in [7, 11) is 0. The number of rotatable bonds is 14. The molecule has 0 saturated carbocycles. The third-order valence-electron chi connectivity index (χ3n) is 4.89. The topological polar surface area (TPSA) is 137 Å². The summed E-state index contributed by atoms with van der Waals surface area (Å²) in [5.41, 5.74) is 0. The van der Waals surface area contributed by atoms with Crippen LogP contribution in [-0.4, -0.2) is 77.5 Å². The summed E-state index contributed by atoms with van der Waals surface area (Å²) in [5.74, 6) is -0.107. The van der Waals surface area contributed by atoms with Crippen LogP contribution in [-0.2, 0) is 19.1 Å². The van der Waals surface area contributed by atoms with E-state index in [2.05, 4.69) is 10.6 Å². The van der Waals surface area contributed by atoms with Crippen LogP contribution in [0.1, 0.15) is 52.4 Å². The first-order valence-electron chi connectivity index (χ1n) is 11.0. The van der Waals surface area contributed by atoms with Gasteiger partial charge in [-0.2, -0.15) is 0 Å². The van der Waals surface area contributed by atoms with E-state index >= 15 is 0 Å². The maximum atomic E-state index is 11.8. The van der Waals surface area contributed by atoms with Crippen LogP contribution in [0.25, 0.3) is 0 Å². The van der Waals surface area contributed by atoms with E-state index in [4.69, 9.17) is 9.47 Å². The zero-order chi connectivity index (χ0) is 23.1. The van der Waals surface area contributed by atoms with Crippen LogP contribution in [0.3, 0.4) is 0 Å². The highest BCUT2D eigenvalue weighted by molar-refractivity contribution is 5.77. The van der Waals surface area contributed by atoms with Crippen LogP contribution >= 0.6 is 0 Å². The Bertz CT molecular complexity index is 582. The van der Waals surface area contributed by atoms with Gasteiger partial charge in [-0.25, -0.2) is 0 Å². The van der Waals surface area contributed by atoms with Crippen molar-refractivity contribution < 1.29 is 34.4 Å². The fourth-order valence-electron chi connectivity index (χ4n) is 3.00. The summed E-state index contributed by atoms with van der Waals surface area (Å²) >= 11 is 0. The second-order valence-corrected chi connectivity index (χ2v) is 7.56. The second kappa shape index (κ2) is 15.9. The lowest BCUT2D eigenvalue weighted by atomic mass is 10.0. The summed E-state index contributed by atoms with van der Waals surface area (Å²) in [5, 5.41) is 34.8. The van der Waals surface area contributed by atoms with E-state index in [0.29, 0.717) is 51.8 Å². The van der Waals surface area contributed by atoms with Gasteiger partial charge in [-0.15, -0.1) is 0 Å². The van der Waals surface area contributed by atoms with E-state index in [1.54, 1.807) is 6.92 Å². The summed E-state index contributed by atoms with van der Waals surface area (Å²) in [6, 6.07) is 0. The van der Waals surface area contributed by atoms with Crippen LogP contribution in [0.15, 0.2) is 24.3 Å². The van der Waals surface area contributed by atoms with Crippen molar-refractivity contribution in [3.05, 3.63) is 24.3 Å². The predicted molar refractivity (Wildman–Crippen MR) is 116 cm³/mol. The highest BCUT2D eigenvalue weighted by Crippen LogP contribution is 2.21. The van der Waals surface area contributed by atoms with Gasteiger partial charge in [0, 0.05) is 32.5 Å². The van der Waals surface area contributed by atoms with E-state index < -0.39 is 30.7 Å². The van der Waals surface area contributed by atoms with E-state index in [0.717, 1.165) is 6.42 Å². The normalized spacial score (nSPS) is 26.4. The lowest BCUT2D eigenvalue weighted by Crippen LogP contribution is -2.57. The fourth-order valence-corrected chi connectivity index (χ4v) is 3.00. The highest BCUT2D eigenvalue weighted by Gasteiger charge is 2.42. The molecule has 1 aliphatic rings. The van der Waals surface area contributed by atoms with Gasteiger partial charge in [-0.3, -0.25) is 9.59 Å². The lowest BCUT2D eigenvalue weighted by Gasteiger charge is -2.38. The molecule has 0 aromatic carbocycles. The molecule has 1 aliphatic heterocycles. The number of amides is 2. The smallest absolute Gasteiger partial charge is 0.220 e. The molecule has 0 bridgehead atoms. The number of unbranched alkanes of at least 4 members (excludes halogenated alkanes) is 2. The minimum absolute atomic E-state index is 0.0390. The Kier molecular flexibility index (Phi) is 14.0. The first-order chi connectivity index (χ1) is 14.9. The third kappa shape index (κ3) is 11.4. The summed E-state index contributed by atoms with van der Waals surface area (Å²) < 4.78 is 10.8. The van der Waals surface area contributed by atoms with Crippen LogP contribution in [0.5, 0.6) is 0 Å². The molecule has 1 saturated heterocycles. The average molecular weight is 443 g/mol. The Hall–Kier alpha value is -1.78. The molecule has 178 valence electrons. The average Bonchev–Trinajstić information content (AvgIpc) is 2.75. The maximum absolute atomic E-state index is 11.8. The third-order valence-corrected chi connectivity index (χ3v) is 4.89. The molecule has 0 aliphatic carbocycles. The summed E-state index contributed by atoms with van der Waals surface area (Å²) in [4.78, 5) is 23.5. The van der Waals surface area contributed by atoms with Gasteiger partial charge >= 0.3 is 0 Å². The molecule has 1 rings (SSSR count). The van der Waals surface area contributed by atoms with Gasteiger partial charge < -0.3 is 35.4 Å². The Balaban J connectivity index is 1.99. The highest BCUT2D eigenvalue weighted by atomic mass is 16.7. The molecular weight excluding hydrogens is 404 g/mol. The Morgan fingerprint density at radius 3 is 2.29 bits per heavy atom. The van der Waals surface area contributed by atoms with Gasteiger partial charge in [0.25, 0.3) is 0 Å². The maximum Gasteiger partial charge on any atom is 0.220 e. The Morgan fingerprint density at radius 2 is 1.61 bits per heavy atom. The van der Waals surface area contributed by atoms with Gasteiger partial charge in [-0.1, -0.05) is 30.7 Å². The molecule has 3 unspecified atom stereocenters. The quantitative estimate of drug-likeness (QED) is 0.195. The molecule has 2 amide bonds. The Morgan fingerprint density at radius 1 is 0.935 bits per heavy atom. The van der Waals surface area contributed by atoms with Crippen LogP contribution < -0.4 is 10.6 Å². The van der Waals surface area contributed by atoms with Crippen molar-refractivity contribution in [2.24, 2.45) is 0 Å². The van der Waals surface area contributed by atoms with Crippen molar-refractivity contribution in [2.75, 3.05) is 19.7 Å². The van der Waals surface area contributed by atoms with E-state index in [1.165, 1.54) is 0 Å². The molecule has 9 nitrogen and oxygen atoms in total. The molecule has 0 aromatic rings. The zero-order valence-corrected chi connectivity index (χ0v) is 18.5. The molecule has 0 aromatic heterocycles. The molecule has 31 heavy (non-hydrogen) atoms. The van der Waals surface area contributed by atoms with Gasteiger partial charge in [0.05, 0.1) is 6.10 Å². The van der Waals surface area contributed by atoms with Gasteiger partial charge in [0.2, 0.25) is 11.8 Å². The standard InChI is InChI=1S/C22H38N2O7/c1-3-4-5-6-8-11-17(25)23-13-14-24-18(26)12-9-7-10-15-30-22-21(29)20(28)19(27)16(2)31-22/h3-6,16,19-22,27-29H,7-15H2,1-2H3,(H,23,25)(H,24,26)/b4-3+,6-5+/t16?,19-,20?,21?,22+/m0/s1. The van der Waals surface area contributed by atoms with Crippen LogP contribution in [0, 0.1) is 0 Å². The number of carbonyl (C=O) groups excluding carboxylic acids is 2. The Labute approximate surface area is 184 Å². The number of allylic oxidation sites excluding steroid dienone is 4. The van der Waals surface area contributed by atoms with Crippen LogP contribution in [0.4, 0.5) is 0 Å². The predicted octanol–water partition coefficient (Wildman–Crippen LogP) is 0.536. The molecular formula is C22H38N2O7. The van der Waals surface area contributed by atoms with Crippen LogP contribution in [0.2, 0.25) is 0 Å². The van der Waals surface area contributed by atoms with Crippen molar-refractivity contribution in [3.63, 3.8) is 0 Å². The molecule has 1 heterocycles. The fraction of sp³-hybridized carbons (Fsp3) is 0.727. The lowest BCUT2D eigenvalue weighted by molar-refractivity contribution is -0.293. The number of aliphatic hydroxyl groups excluding tert-OH is 3. The molecule has 0 radical (unpaired) electrons.